The van der Waals surface area contributed by atoms with Gasteiger partial charge in [-0.25, -0.2) is 14.8 Å². The highest BCUT2D eigenvalue weighted by molar-refractivity contribution is 6.00. The molecule has 0 saturated heterocycles. The first-order valence-corrected chi connectivity index (χ1v) is 8.08. The second kappa shape index (κ2) is 7.76. The van der Waals surface area contributed by atoms with Crippen molar-refractivity contribution in [2.75, 3.05) is 29.6 Å². The number of nitrogens with one attached hydrogen (secondary N) is 2. The molecule has 0 atom stereocenters. The van der Waals surface area contributed by atoms with E-state index >= 15 is 0 Å². The molecular weight excluding hydrogens is 404 g/mol. The van der Waals surface area contributed by atoms with E-state index in [1.807, 2.05) is 5.32 Å². The SMILES string of the molecule is Cc1nc(N(C)C)nc(C)c1NC(=O)Nc1cc(C(F)(F)F)cc(C(F)(F)F)c1. The lowest BCUT2D eigenvalue weighted by Crippen LogP contribution is -2.23. The van der Waals surface area contributed by atoms with Crippen LogP contribution in [0.2, 0.25) is 0 Å². The van der Waals surface area contributed by atoms with Gasteiger partial charge in [-0.3, -0.25) is 0 Å². The fraction of sp³-hybridized carbons (Fsp3) is 0.353. The van der Waals surface area contributed by atoms with Gasteiger partial charge in [0.2, 0.25) is 5.95 Å². The minimum absolute atomic E-state index is 0.0226. The molecule has 2 rings (SSSR count). The third kappa shape index (κ3) is 5.48. The first-order valence-electron chi connectivity index (χ1n) is 8.08. The predicted octanol–water partition coefficient (Wildman–Crippen LogP) is 4.84. The Morgan fingerprint density at radius 2 is 1.31 bits per heavy atom. The molecular formula is C17H17F6N5O. The van der Waals surface area contributed by atoms with Crippen molar-refractivity contribution in [1.82, 2.24) is 9.97 Å². The van der Waals surface area contributed by atoms with E-state index in [0.717, 1.165) is 0 Å². The standard InChI is InChI=1S/C17H17F6N5O/c1-8-13(9(2)25-14(24-8)28(3)4)27-15(29)26-12-6-10(16(18,19)20)5-11(7-12)17(21,22)23/h5-7H,1-4H3,(H2,26,27,29). The molecule has 2 N–H and O–H groups in total. The molecule has 0 aliphatic carbocycles. The molecule has 158 valence electrons. The van der Waals surface area contributed by atoms with Gasteiger partial charge in [0, 0.05) is 19.8 Å². The highest BCUT2D eigenvalue weighted by atomic mass is 19.4. The molecule has 2 amide bonds. The van der Waals surface area contributed by atoms with Crippen molar-refractivity contribution in [3.8, 4) is 0 Å². The summed E-state index contributed by atoms with van der Waals surface area (Å²) in [5, 5.41) is 4.34. The third-order valence-corrected chi connectivity index (χ3v) is 3.74. The van der Waals surface area contributed by atoms with Gasteiger partial charge in [-0.2, -0.15) is 26.3 Å². The van der Waals surface area contributed by atoms with Crippen molar-refractivity contribution < 1.29 is 31.1 Å². The van der Waals surface area contributed by atoms with Gasteiger partial charge < -0.3 is 15.5 Å². The quantitative estimate of drug-likeness (QED) is 0.696. The first-order chi connectivity index (χ1) is 13.2. The summed E-state index contributed by atoms with van der Waals surface area (Å²) in [5.74, 6) is 0.374. The van der Waals surface area contributed by atoms with Crippen LogP contribution in [0.4, 0.5) is 48.5 Å². The fourth-order valence-corrected chi connectivity index (χ4v) is 2.38. The maximum Gasteiger partial charge on any atom is 0.416 e. The zero-order valence-electron chi connectivity index (χ0n) is 15.7. The topological polar surface area (TPSA) is 70.2 Å². The molecule has 0 aliphatic heterocycles. The minimum Gasteiger partial charge on any atom is -0.347 e. The van der Waals surface area contributed by atoms with Gasteiger partial charge in [-0.05, 0) is 32.0 Å². The van der Waals surface area contributed by atoms with Crippen LogP contribution < -0.4 is 15.5 Å². The lowest BCUT2D eigenvalue weighted by Gasteiger charge is -2.17. The van der Waals surface area contributed by atoms with Crippen molar-refractivity contribution >= 4 is 23.4 Å². The summed E-state index contributed by atoms with van der Waals surface area (Å²) in [5.41, 5.74) is -2.79. The summed E-state index contributed by atoms with van der Waals surface area (Å²) in [6.45, 7) is 3.15. The number of amides is 2. The summed E-state index contributed by atoms with van der Waals surface area (Å²) in [7, 11) is 3.42. The number of aryl methyl sites for hydroxylation is 2. The smallest absolute Gasteiger partial charge is 0.347 e. The van der Waals surface area contributed by atoms with Crippen molar-refractivity contribution in [3.05, 3.63) is 40.7 Å². The van der Waals surface area contributed by atoms with Crippen LogP contribution in [0.15, 0.2) is 18.2 Å². The summed E-state index contributed by atoms with van der Waals surface area (Å²) in [6, 6.07) is -0.226. The Bertz CT molecular complexity index is 868. The molecule has 0 spiro atoms. The van der Waals surface area contributed by atoms with Gasteiger partial charge in [-0.1, -0.05) is 0 Å². The van der Waals surface area contributed by atoms with E-state index in [2.05, 4.69) is 15.3 Å². The van der Waals surface area contributed by atoms with E-state index < -0.39 is 35.2 Å². The number of carbonyl (C=O) groups is 1. The lowest BCUT2D eigenvalue weighted by atomic mass is 10.1. The summed E-state index contributed by atoms with van der Waals surface area (Å²) < 4.78 is 77.5. The summed E-state index contributed by atoms with van der Waals surface area (Å²) in [4.78, 5) is 22.1. The zero-order valence-corrected chi connectivity index (χ0v) is 15.7. The van der Waals surface area contributed by atoms with Crippen LogP contribution in [0.3, 0.4) is 0 Å². The monoisotopic (exact) mass is 421 g/mol. The van der Waals surface area contributed by atoms with Gasteiger partial charge in [0.25, 0.3) is 0 Å². The molecule has 6 nitrogen and oxygen atoms in total. The Morgan fingerprint density at radius 3 is 1.69 bits per heavy atom. The number of nitrogens with zero attached hydrogens (tertiary/aromatic N) is 3. The van der Waals surface area contributed by atoms with Gasteiger partial charge in [0.05, 0.1) is 28.2 Å². The molecule has 1 heterocycles. The van der Waals surface area contributed by atoms with Crippen LogP contribution in [-0.2, 0) is 12.4 Å². The second-order valence-electron chi connectivity index (χ2n) is 6.34. The van der Waals surface area contributed by atoms with Gasteiger partial charge in [-0.15, -0.1) is 0 Å². The van der Waals surface area contributed by atoms with Crippen LogP contribution in [0.5, 0.6) is 0 Å². The van der Waals surface area contributed by atoms with Gasteiger partial charge in [0.15, 0.2) is 0 Å². The van der Waals surface area contributed by atoms with Gasteiger partial charge in [0.1, 0.15) is 0 Å². The Hall–Kier alpha value is -3.05. The number of aromatic nitrogens is 2. The lowest BCUT2D eigenvalue weighted by molar-refractivity contribution is -0.143. The number of urea groups is 1. The molecule has 1 aromatic heterocycles. The van der Waals surface area contributed by atoms with Crippen molar-refractivity contribution in [2.24, 2.45) is 0 Å². The summed E-state index contributed by atoms with van der Waals surface area (Å²) in [6.07, 6.45) is -10.0. The van der Waals surface area contributed by atoms with Crippen LogP contribution in [0.1, 0.15) is 22.5 Å². The molecule has 0 bridgehead atoms. The van der Waals surface area contributed by atoms with Crippen LogP contribution in [0, 0.1) is 13.8 Å². The highest BCUT2D eigenvalue weighted by Gasteiger charge is 2.37. The average molecular weight is 421 g/mol. The van der Waals surface area contributed by atoms with Crippen LogP contribution >= 0.6 is 0 Å². The molecule has 0 unspecified atom stereocenters. The average Bonchev–Trinajstić information content (AvgIpc) is 2.56. The normalized spacial score (nSPS) is 11.9. The number of anilines is 3. The maximum absolute atomic E-state index is 12.9. The number of rotatable bonds is 3. The molecule has 29 heavy (non-hydrogen) atoms. The Kier molecular flexibility index (Phi) is 5.95. The Morgan fingerprint density at radius 1 is 0.862 bits per heavy atom. The van der Waals surface area contributed by atoms with E-state index in [9.17, 15) is 31.1 Å². The molecule has 2 aromatic rings. The largest absolute Gasteiger partial charge is 0.416 e. The molecule has 0 saturated carbocycles. The van der Waals surface area contributed by atoms with E-state index in [0.29, 0.717) is 29.5 Å². The number of carbonyl (C=O) groups excluding carboxylic acids is 1. The highest BCUT2D eigenvalue weighted by Crippen LogP contribution is 2.37. The maximum atomic E-state index is 12.9. The zero-order chi connectivity index (χ0) is 22.1. The third-order valence-electron chi connectivity index (χ3n) is 3.74. The minimum atomic E-state index is -5.02. The molecule has 0 fully saturated rings. The van der Waals surface area contributed by atoms with Gasteiger partial charge >= 0.3 is 18.4 Å². The van der Waals surface area contributed by atoms with Crippen LogP contribution in [0.25, 0.3) is 0 Å². The predicted molar refractivity (Wildman–Crippen MR) is 94.9 cm³/mol. The Labute approximate surface area is 161 Å². The van der Waals surface area contributed by atoms with Crippen molar-refractivity contribution in [3.63, 3.8) is 0 Å². The second-order valence-corrected chi connectivity index (χ2v) is 6.34. The molecule has 12 heteroatoms. The van der Waals surface area contributed by atoms with E-state index in [1.54, 1.807) is 32.8 Å². The number of hydrogen-bond acceptors (Lipinski definition) is 4. The van der Waals surface area contributed by atoms with E-state index in [-0.39, 0.29) is 11.8 Å². The summed E-state index contributed by atoms with van der Waals surface area (Å²) >= 11 is 0. The van der Waals surface area contributed by atoms with Crippen molar-refractivity contribution in [2.45, 2.75) is 26.2 Å². The molecule has 0 aliphatic rings. The van der Waals surface area contributed by atoms with Crippen LogP contribution in [-0.4, -0.2) is 30.1 Å². The van der Waals surface area contributed by atoms with E-state index in [4.69, 9.17) is 0 Å². The first kappa shape index (κ1) is 22.2. The number of hydrogen-bond donors (Lipinski definition) is 2. The van der Waals surface area contributed by atoms with Crippen molar-refractivity contribution in [1.29, 1.82) is 0 Å². The van der Waals surface area contributed by atoms with E-state index in [1.165, 1.54) is 0 Å². The fourth-order valence-electron chi connectivity index (χ4n) is 2.38. The molecule has 0 radical (unpaired) electrons. The Balaban J connectivity index is 2.32. The molecule has 1 aromatic carbocycles. The number of halogens is 6. The number of alkyl halides is 6. The number of benzene rings is 1.